The summed E-state index contributed by atoms with van der Waals surface area (Å²) in [7, 11) is 0. The van der Waals surface area contributed by atoms with Gasteiger partial charge in [0.25, 0.3) is 0 Å². The molecular formula is C41H51Br4N9O19. The molecule has 1 aromatic carbocycles. The standard InChI is InChI=1S/C41H51Br4N9O19/c42-31-32(43)34(45)36-35(33(31)44)48-17-54(36)16-25(57)47-10-6-1-3-7-23(55)46-9-5-2-4-8-24(56)49-18(11-26(58)59)37(68)50-19(12-27(60)61)38(69)51-20(13-28(62)63)39(70)52-21(14-29(64)65)40(71)53-22(41(72)73)15-30(66)67/h17-22H,1-16H2,(H,46,55)(H,47,57)(H,49,56)(H,50,68)(H,51,69)(H,52,70)(H,53,71)(H,58,59)(H,60,61)(H,62,63)(H,64,65)(H,66,67)(H,72,73)/t18-,19-,20-,21-,22-/m0/s1. The van der Waals surface area contributed by atoms with Crippen LogP contribution in [0.2, 0.25) is 0 Å². The Bertz CT molecular complexity index is 2440. The van der Waals surface area contributed by atoms with E-state index < -0.39 is 128 Å². The van der Waals surface area contributed by atoms with Crippen molar-refractivity contribution < 1.29 is 93.0 Å². The Morgan fingerprint density at radius 2 is 0.795 bits per heavy atom. The van der Waals surface area contributed by atoms with E-state index in [0.717, 1.165) is 23.4 Å². The number of rotatable bonds is 34. The smallest absolute Gasteiger partial charge is 0.326 e. The van der Waals surface area contributed by atoms with Crippen LogP contribution in [0.5, 0.6) is 0 Å². The number of aliphatic carboxylic acids is 6. The number of carbonyl (C=O) groups excluding carboxylic acids is 7. The van der Waals surface area contributed by atoms with Gasteiger partial charge >= 0.3 is 35.8 Å². The third kappa shape index (κ3) is 22.6. The van der Waals surface area contributed by atoms with E-state index in [2.05, 4.69) is 84.7 Å². The van der Waals surface area contributed by atoms with Gasteiger partial charge in [0.15, 0.2) is 0 Å². The molecule has 0 aliphatic rings. The summed E-state index contributed by atoms with van der Waals surface area (Å²) in [5.74, 6) is -17.8. The molecule has 2 rings (SSSR count). The maximum absolute atomic E-state index is 13.3. The molecule has 5 atom stereocenters. The Morgan fingerprint density at radius 1 is 0.438 bits per heavy atom. The number of imidazole rings is 1. The molecule has 73 heavy (non-hydrogen) atoms. The number of unbranched alkanes of at least 4 members (excludes halogenated alkanes) is 4. The summed E-state index contributed by atoms with van der Waals surface area (Å²) in [5, 5.41) is 70.7. The second kappa shape index (κ2) is 31.3. The van der Waals surface area contributed by atoms with Crippen LogP contribution in [0.3, 0.4) is 0 Å². The van der Waals surface area contributed by atoms with Gasteiger partial charge in [0.2, 0.25) is 41.4 Å². The van der Waals surface area contributed by atoms with Crippen molar-refractivity contribution in [3.05, 3.63) is 24.2 Å². The van der Waals surface area contributed by atoms with Crippen LogP contribution in [-0.4, -0.2) is 161 Å². The molecule has 0 unspecified atom stereocenters. The molecule has 0 aliphatic carbocycles. The van der Waals surface area contributed by atoms with Gasteiger partial charge in [0.1, 0.15) is 42.3 Å². The maximum atomic E-state index is 13.3. The summed E-state index contributed by atoms with van der Waals surface area (Å²) in [6, 6.07) is -10.6. The van der Waals surface area contributed by atoms with Crippen molar-refractivity contribution in [3.8, 4) is 0 Å². The lowest BCUT2D eigenvalue weighted by Crippen LogP contribution is -2.59. The van der Waals surface area contributed by atoms with Crippen LogP contribution >= 0.6 is 63.7 Å². The highest BCUT2D eigenvalue weighted by molar-refractivity contribution is 9.15. The Labute approximate surface area is 446 Å². The van der Waals surface area contributed by atoms with E-state index in [0.29, 0.717) is 44.2 Å². The molecule has 0 radical (unpaired) electrons. The lowest BCUT2D eigenvalue weighted by Gasteiger charge is -2.25. The van der Waals surface area contributed by atoms with Gasteiger partial charge in [-0.1, -0.05) is 12.8 Å². The van der Waals surface area contributed by atoms with Crippen molar-refractivity contribution in [2.45, 2.75) is 120 Å². The number of fused-ring (bicyclic) bond motifs is 1. The number of hydrogen-bond acceptors (Lipinski definition) is 14. The number of aromatic nitrogens is 2. The first kappa shape index (κ1) is 62.8. The van der Waals surface area contributed by atoms with Crippen molar-refractivity contribution in [1.29, 1.82) is 0 Å². The van der Waals surface area contributed by atoms with Gasteiger partial charge in [-0.3, -0.25) is 57.5 Å². The van der Waals surface area contributed by atoms with E-state index >= 15 is 0 Å². The van der Waals surface area contributed by atoms with Gasteiger partial charge in [0, 0.05) is 34.9 Å². The summed E-state index contributed by atoms with van der Waals surface area (Å²) in [5.41, 5.74) is 1.39. The predicted octanol–water partition coefficient (Wildman–Crippen LogP) is 0.322. The molecule has 7 amide bonds. The summed E-state index contributed by atoms with van der Waals surface area (Å²) in [6.45, 7) is 0.708. The number of carbonyl (C=O) groups is 13. The molecule has 0 saturated carbocycles. The highest BCUT2D eigenvalue weighted by atomic mass is 79.9. The number of halogens is 4. The summed E-state index contributed by atoms with van der Waals surface area (Å²) >= 11 is 14.0. The predicted molar refractivity (Wildman–Crippen MR) is 262 cm³/mol. The molecule has 1 aromatic heterocycles. The third-order valence-corrected chi connectivity index (χ3v) is 14.7. The fraction of sp³-hybridized carbons (Fsp3) is 0.512. The number of carboxylic acids is 6. The Kier molecular flexibility index (Phi) is 27.0. The average Bonchev–Trinajstić information content (AvgIpc) is 3.71. The fourth-order valence-electron chi connectivity index (χ4n) is 6.49. The van der Waals surface area contributed by atoms with Crippen LogP contribution < -0.4 is 37.2 Å². The SMILES string of the molecule is O=C(O)C[C@H](NC(=O)[C@H](CC(=O)O)NC(=O)[C@H](CC(=O)O)NC(=O)[C@H](CC(=O)O)NC(=O)[C@H](CC(=O)O)NC(=O)CCCCCNC(=O)CCCCCNC(=O)Cn1cnc2c(Br)c(Br)c(Br)c(Br)c21)C(=O)O. The van der Waals surface area contributed by atoms with Gasteiger partial charge in [-0.05, 0) is 89.4 Å². The molecule has 0 bridgehead atoms. The van der Waals surface area contributed by atoms with Crippen LogP contribution in [0.1, 0.15) is 83.5 Å². The Balaban J connectivity index is 1.87. The zero-order valence-corrected chi connectivity index (χ0v) is 44.5. The first-order valence-corrected chi connectivity index (χ1v) is 24.9. The number of carboxylic acid groups (broad SMARTS) is 6. The molecule has 1 heterocycles. The van der Waals surface area contributed by atoms with E-state index in [4.69, 9.17) is 5.11 Å². The quantitative estimate of drug-likeness (QED) is 0.0255. The molecule has 402 valence electrons. The minimum absolute atomic E-state index is 0.0384. The first-order valence-electron chi connectivity index (χ1n) is 21.7. The number of nitrogens with one attached hydrogen (secondary N) is 7. The highest BCUT2D eigenvalue weighted by Crippen LogP contribution is 2.43. The average molecular weight is 1290 g/mol. The zero-order chi connectivity index (χ0) is 55.1. The molecule has 28 nitrogen and oxygen atoms in total. The van der Waals surface area contributed by atoms with Crippen LogP contribution in [-0.2, 0) is 68.9 Å². The molecule has 0 aliphatic heterocycles. The van der Waals surface area contributed by atoms with Gasteiger partial charge in [-0.2, -0.15) is 0 Å². The largest absolute Gasteiger partial charge is 0.481 e. The van der Waals surface area contributed by atoms with Gasteiger partial charge in [-0.25, -0.2) is 9.78 Å². The normalized spacial score (nSPS) is 12.9. The van der Waals surface area contributed by atoms with Crippen molar-refractivity contribution in [2.24, 2.45) is 0 Å². The Morgan fingerprint density at radius 3 is 1.21 bits per heavy atom. The fourth-order valence-corrected chi connectivity index (χ4v) is 8.90. The molecular weight excluding hydrogens is 1240 g/mol. The number of nitrogens with zero attached hydrogens (tertiary/aromatic N) is 2. The van der Waals surface area contributed by atoms with E-state index in [1.807, 2.05) is 10.6 Å². The molecule has 2 aromatic rings. The van der Waals surface area contributed by atoms with Crippen LogP contribution in [0.15, 0.2) is 24.2 Å². The molecule has 0 fully saturated rings. The number of amides is 7. The summed E-state index contributed by atoms with van der Waals surface area (Å²) < 4.78 is 4.71. The van der Waals surface area contributed by atoms with E-state index in [1.54, 1.807) is 21.5 Å². The third-order valence-electron chi connectivity index (χ3n) is 10.0. The molecule has 32 heteroatoms. The monoisotopic (exact) mass is 1290 g/mol. The maximum Gasteiger partial charge on any atom is 0.326 e. The van der Waals surface area contributed by atoms with Crippen LogP contribution in [0, 0.1) is 0 Å². The van der Waals surface area contributed by atoms with Crippen LogP contribution in [0.4, 0.5) is 0 Å². The van der Waals surface area contributed by atoms with Crippen LogP contribution in [0.25, 0.3) is 11.0 Å². The van der Waals surface area contributed by atoms with E-state index in [-0.39, 0.29) is 44.2 Å². The van der Waals surface area contributed by atoms with E-state index in [1.165, 1.54) is 0 Å². The Hall–Kier alpha value is -6.28. The second-order valence-corrected chi connectivity index (χ2v) is 19.0. The molecule has 0 saturated heterocycles. The highest BCUT2D eigenvalue weighted by Gasteiger charge is 2.36. The van der Waals surface area contributed by atoms with E-state index in [9.17, 15) is 87.9 Å². The first-order chi connectivity index (χ1) is 34.2. The molecule has 13 N–H and O–H groups in total. The lowest BCUT2D eigenvalue weighted by atomic mass is 10.1. The van der Waals surface area contributed by atoms with Crippen molar-refractivity contribution in [2.75, 3.05) is 13.1 Å². The topological polar surface area (TPSA) is 445 Å². The summed E-state index contributed by atoms with van der Waals surface area (Å²) in [6.07, 6.45) is -1.59. The minimum Gasteiger partial charge on any atom is -0.481 e. The van der Waals surface area contributed by atoms with Gasteiger partial charge < -0.3 is 72.4 Å². The van der Waals surface area contributed by atoms with Gasteiger partial charge in [0.05, 0.1) is 52.9 Å². The van der Waals surface area contributed by atoms with Crippen molar-refractivity contribution >= 4 is 152 Å². The minimum atomic E-state index is -2.24. The van der Waals surface area contributed by atoms with Crippen molar-refractivity contribution in [3.63, 3.8) is 0 Å². The van der Waals surface area contributed by atoms with Gasteiger partial charge in [-0.15, -0.1) is 0 Å². The molecule has 0 spiro atoms. The number of hydrogen-bond donors (Lipinski definition) is 13. The number of benzene rings is 1. The van der Waals surface area contributed by atoms with Crippen molar-refractivity contribution in [1.82, 2.24) is 46.8 Å². The zero-order valence-electron chi connectivity index (χ0n) is 38.2. The lowest BCUT2D eigenvalue weighted by molar-refractivity contribution is -0.148. The second-order valence-electron chi connectivity index (χ2n) is 15.8. The summed E-state index contributed by atoms with van der Waals surface area (Å²) in [4.78, 5) is 163.